The van der Waals surface area contributed by atoms with Crippen molar-refractivity contribution in [3.63, 3.8) is 0 Å². The Bertz CT molecular complexity index is 1270. The second-order valence-corrected chi connectivity index (χ2v) is 9.19. The summed E-state index contributed by atoms with van der Waals surface area (Å²) in [5.74, 6) is -0.769. The first-order valence-corrected chi connectivity index (χ1v) is 12.2. The highest BCUT2D eigenvalue weighted by molar-refractivity contribution is 6.36. The molecule has 1 amide bonds. The lowest BCUT2D eigenvalue weighted by molar-refractivity contribution is -0.152. The molecule has 0 unspecified atom stereocenters. The molecule has 1 saturated heterocycles. The minimum Gasteiger partial charge on any atom is -0.481 e. The van der Waals surface area contributed by atoms with Crippen LogP contribution in [-0.4, -0.2) is 47.6 Å². The standard InChI is InChI=1S/C26H25Cl2FN2O4/c1-3-34-26(33)16-5-4-10-31(14-16)25(32)15(2)35-18-7-9-19-21(12-18)24(28)30-13-22(19)20-8-6-17(29)11-23(20)27/h6-9,11-13,15-16H,3-5,10,14H2,1-2H3/t15-,16+/m1/s1. The van der Waals surface area contributed by atoms with E-state index in [-0.39, 0.29) is 28.0 Å². The van der Waals surface area contributed by atoms with E-state index < -0.39 is 11.9 Å². The molecule has 0 saturated carbocycles. The van der Waals surface area contributed by atoms with Gasteiger partial charge in [-0.15, -0.1) is 0 Å². The van der Waals surface area contributed by atoms with Gasteiger partial charge in [0.25, 0.3) is 5.91 Å². The topological polar surface area (TPSA) is 68.7 Å². The van der Waals surface area contributed by atoms with Gasteiger partial charge in [0, 0.05) is 35.8 Å². The molecule has 0 aliphatic carbocycles. The first kappa shape index (κ1) is 25.2. The fourth-order valence-corrected chi connectivity index (χ4v) is 4.80. The maximum absolute atomic E-state index is 13.5. The molecule has 0 N–H and O–H groups in total. The van der Waals surface area contributed by atoms with Crippen LogP contribution < -0.4 is 4.74 Å². The largest absolute Gasteiger partial charge is 0.481 e. The van der Waals surface area contributed by atoms with Gasteiger partial charge >= 0.3 is 5.97 Å². The van der Waals surface area contributed by atoms with Crippen LogP contribution in [0, 0.1) is 11.7 Å². The third kappa shape index (κ3) is 5.52. The lowest BCUT2D eigenvalue weighted by atomic mass is 9.98. The van der Waals surface area contributed by atoms with Gasteiger partial charge in [0.15, 0.2) is 6.10 Å². The third-order valence-corrected chi connectivity index (χ3v) is 6.66. The third-order valence-electron chi connectivity index (χ3n) is 6.05. The van der Waals surface area contributed by atoms with Gasteiger partial charge < -0.3 is 14.4 Å². The number of carbonyl (C=O) groups excluding carboxylic acids is 2. The number of likely N-dealkylation sites (tertiary alicyclic amines) is 1. The van der Waals surface area contributed by atoms with Crippen LogP contribution in [0.25, 0.3) is 21.9 Å². The molecule has 0 radical (unpaired) electrons. The monoisotopic (exact) mass is 518 g/mol. The molecule has 0 bridgehead atoms. The Morgan fingerprint density at radius 3 is 2.71 bits per heavy atom. The van der Waals surface area contributed by atoms with E-state index in [1.165, 1.54) is 12.1 Å². The van der Waals surface area contributed by atoms with Crippen molar-refractivity contribution in [1.82, 2.24) is 9.88 Å². The van der Waals surface area contributed by atoms with E-state index in [1.807, 2.05) is 6.07 Å². The van der Waals surface area contributed by atoms with E-state index in [1.54, 1.807) is 43.1 Å². The van der Waals surface area contributed by atoms with Crippen LogP contribution in [0.3, 0.4) is 0 Å². The summed E-state index contributed by atoms with van der Waals surface area (Å²) in [6.45, 7) is 4.65. The van der Waals surface area contributed by atoms with Crippen molar-refractivity contribution >= 4 is 45.9 Å². The summed E-state index contributed by atoms with van der Waals surface area (Å²) in [4.78, 5) is 31.0. The Morgan fingerprint density at radius 1 is 1.17 bits per heavy atom. The molecule has 184 valence electrons. The van der Waals surface area contributed by atoms with Crippen LogP contribution in [-0.2, 0) is 14.3 Å². The summed E-state index contributed by atoms with van der Waals surface area (Å²) in [7, 11) is 0. The van der Waals surface area contributed by atoms with E-state index >= 15 is 0 Å². The number of pyridine rings is 1. The predicted octanol–water partition coefficient (Wildman–Crippen LogP) is 5.92. The zero-order valence-corrected chi connectivity index (χ0v) is 20.9. The van der Waals surface area contributed by atoms with Gasteiger partial charge in [0.1, 0.15) is 16.7 Å². The molecular formula is C26H25Cl2FN2O4. The van der Waals surface area contributed by atoms with E-state index in [2.05, 4.69) is 4.98 Å². The highest BCUT2D eigenvalue weighted by Gasteiger charge is 2.32. The SMILES string of the molecule is CCOC(=O)[C@H]1CCCN(C(=O)[C@@H](C)Oc2ccc3c(-c4ccc(F)cc4Cl)cnc(Cl)c3c2)C1. The Balaban J connectivity index is 1.54. The molecule has 1 fully saturated rings. The number of piperidine rings is 1. The number of amides is 1. The molecule has 2 atom stereocenters. The van der Waals surface area contributed by atoms with Crippen LogP contribution in [0.4, 0.5) is 4.39 Å². The van der Waals surface area contributed by atoms with Crippen molar-refractivity contribution in [1.29, 1.82) is 0 Å². The number of fused-ring (bicyclic) bond motifs is 1. The van der Waals surface area contributed by atoms with Crippen molar-refractivity contribution < 1.29 is 23.5 Å². The minimum atomic E-state index is -0.769. The Hall–Kier alpha value is -2.90. The summed E-state index contributed by atoms with van der Waals surface area (Å²) >= 11 is 12.6. The van der Waals surface area contributed by atoms with Gasteiger partial charge in [-0.3, -0.25) is 9.59 Å². The Labute approximate surface area is 212 Å². The predicted molar refractivity (Wildman–Crippen MR) is 133 cm³/mol. The van der Waals surface area contributed by atoms with Crippen molar-refractivity contribution in [3.05, 3.63) is 58.6 Å². The number of rotatable bonds is 6. The number of hydrogen-bond donors (Lipinski definition) is 0. The molecule has 0 spiro atoms. The van der Waals surface area contributed by atoms with Gasteiger partial charge in [-0.2, -0.15) is 0 Å². The summed E-state index contributed by atoms with van der Waals surface area (Å²) in [5.41, 5.74) is 1.32. The van der Waals surface area contributed by atoms with Gasteiger partial charge in [0.2, 0.25) is 0 Å². The molecular weight excluding hydrogens is 494 g/mol. The normalized spacial score (nSPS) is 16.7. The molecule has 1 aliphatic heterocycles. The van der Waals surface area contributed by atoms with Crippen molar-refractivity contribution in [3.8, 4) is 16.9 Å². The summed E-state index contributed by atoms with van der Waals surface area (Å²) < 4.78 is 24.6. The lowest BCUT2D eigenvalue weighted by Gasteiger charge is -2.33. The molecule has 1 aliphatic rings. The van der Waals surface area contributed by atoms with Gasteiger partial charge in [-0.05, 0) is 68.5 Å². The van der Waals surface area contributed by atoms with E-state index in [0.29, 0.717) is 48.4 Å². The first-order chi connectivity index (χ1) is 16.8. The first-order valence-electron chi connectivity index (χ1n) is 11.4. The summed E-state index contributed by atoms with van der Waals surface area (Å²) in [6.07, 6.45) is 2.25. The van der Waals surface area contributed by atoms with Crippen LogP contribution in [0.15, 0.2) is 42.6 Å². The summed E-state index contributed by atoms with van der Waals surface area (Å²) in [5, 5.41) is 1.90. The maximum Gasteiger partial charge on any atom is 0.310 e. The highest BCUT2D eigenvalue weighted by atomic mass is 35.5. The molecule has 3 aromatic rings. The number of benzene rings is 2. The fraction of sp³-hybridized carbons (Fsp3) is 0.346. The second-order valence-electron chi connectivity index (χ2n) is 8.43. The van der Waals surface area contributed by atoms with Gasteiger partial charge in [-0.25, -0.2) is 9.37 Å². The molecule has 4 rings (SSSR count). The van der Waals surface area contributed by atoms with Crippen molar-refractivity contribution in [2.24, 2.45) is 5.92 Å². The van der Waals surface area contributed by atoms with Crippen LogP contribution in [0.1, 0.15) is 26.7 Å². The van der Waals surface area contributed by atoms with E-state index in [9.17, 15) is 14.0 Å². The summed E-state index contributed by atoms with van der Waals surface area (Å²) in [6, 6.07) is 9.43. The number of esters is 1. The Kier molecular flexibility index (Phi) is 7.77. The average molecular weight is 519 g/mol. The number of aromatic nitrogens is 1. The second kappa shape index (κ2) is 10.8. The number of hydrogen-bond acceptors (Lipinski definition) is 5. The quantitative estimate of drug-likeness (QED) is 0.299. The lowest BCUT2D eigenvalue weighted by Crippen LogP contribution is -2.47. The molecule has 2 heterocycles. The molecule has 2 aromatic carbocycles. The maximum atomic E-state index is 13.5. The van der Waals surface area contributed by atoms with E-state index in [4.69, 9.17) is 32.7 Å². The van der Waals surface area contributed by atoms with Gasteiger partial charge in [0.05, 0.1) is 17.5 Å². The van der Waals surface area contributed by atoms with Crippen LogP contribution in [0.5, 0.6) is 5.75 Å². The van der Waals surface area contributed by atoms with Crippen molar-refractivity contribution in [2.75, 3.05) is 19.7 Å². The number of carbonyl (C=O) groups is 2. The zero-order chi connectivity index (χ0) is 25.1. The number of ether oxygens (including phenoxy) is 2. The van der Waals surface area contributed by atoms with Crippen molar-refractivity contribution in [2.45, 2.75) is 32.8 Å². The fourth-order valence-electron chi connectivity index (χ4n) is 4.33. The highest BCUT2D eigenvalue weighted by Crippen LogP contribution is 2.37. The zero-order valence-electron chi connectivity index (χ0n) is 19.4. The van der Waals surface area contributed by atoms with E-state index in [0.717, 1.165) is 11.8 Å². The van der Waals surface area contributed by atoms with Crippen LogP contribution in [0.2, 0.25) is 10.2 Å². The smallest absolute Gasteiger partial charge is 0.310 e. The Morgan fingerprint density at radius 2 is 1.97 bits per heavy atom. The average Bonchev–Trinajstić information content (AvgIpc) is 2.85. The molecule has 6 nitrogen and oxygen atoms in total. The number of halogens is 3. The van der Waals surface area contributed by atoms with Gasteiger partial charge in [-0.1, -0.05) is 23.2 Å². The molecule has 9 heteroatoms. The molecule has 1 aromatic heterocycles. The molecule has 35 heavy (non-hydrogen) atoms. The van der Waals surface area contributed by atoms with Crippen LogP contribution >= 0.6 is 23.2 Å². The number of nitrogens with zero attached hydrogens (tertiary/aromatic N) is 2. The minimum absolute atomic E-state index is 0.199.